The van der Waals surface area contributed by atoms with Crippen molar-refractivity contribution >= 4 is 8.35 Å². The summed E-state index contributed by atoms with van der Waals surface area (Å²) >= 11 is 0. The minimum atomic E-state index is 0.948. The van der Waals surface area contributed by atoms with Gasteiger partial charge in [-0.05, 0) is 5.80 Å². The lowest BCUT2D eigenvalue weighted by atomic mass is 11.0. The highest BCUT2D eigenvalue weighted by molar-refractivity contribution is 7.26. The molecule has 0 aliphatic carbocycles. The molecule has 28 valence electrons. The average molecular weight is 87.1 g/mol. The third kappa shape index (κ3) is 0.381. The van der Waals surface area contributed by atoms with Crippen LogP contribution >= 0.6 is 8.35 Å². The molecule has 0 amide bonds. The zero-order valence-corrected chi connectivity index (χ0v) is 4.10. The zero-order chi connectivity index (χ0) is 3.70. The van der Waals surface area contributed by atoms with E-state index >= 15 is 0 Å². The number of rotatable bonds is 0. The summed E-state index contributed by atoms with van der Waals surface area (Å²) in [4.78, 5) is 0. The van der Waals surface area contributed by atoms with E-state index in [1.165, 1.54) is 0 Å². The number of hydrogen-bond acceptors (Lipinski definition) is 0. The third-order valence-corrected chi connectivity index (χ3v) is 1.43. The van der Waals surface area contributed by atoms with E-state index in [2.05, 4.69) is 23.4 Å². The van der Waals surface area contributed by atoms with Crippen LogP contribution in [-0.4, -0.2) is 4.33 Å². The van der Waals surface area contributed by atoms with Gasteiger partial charge >= 0.3 is 0 Å². The fourth-order valence-corrected chi connectivity index (χ4v) is 0.671. The number of nitrogens with zero attached hydrogens (tertiary/aromatic N) is 1. The van der Waals surface area contributed by atoms with Gasteiger partial charge in [-0.15, -0.1) is 0 Å². The summed E-state index contributed by atoms with van der Waals surface area (Å²) < 4.78 is 2.15. The van der Waals surface area contributed by atoms with E-state index in [0.29, 0.717) is 0 Å². The highest BCUT2D eigenvalue weighted by atomic mass is 31.0. The van der Waals surface area contributed by atoms with Crippen LogP contribution in [0, 0.1) is 0 Å². The van der Waals surface area contributed by atoms with E-state index in [-0.39, 0.29) is 0 Å². The summed E-state index contributed by atoms with van der Waals surface area (Å²) in [6.07, 6.45) is 2.07. The molecule has 5 heavy (non-hydrogen) atoms. The predicted molar refractivity (Wildman–Crippen MR) is 24.9 cm³/mol. The molecule has 2 heteroatoms. The molecular weight excluding hydrogens is 81.0 g/mol. The van der Waals surface area contributed by atoms with Crippen LogP contribution in [0.2, 0.25) is 0 Å². The monoisotopic (exact) mass is 87.0 g/mol. The quantitative estimate of drug-likeness (QED) is 0.445. The molecule has 1 unspecified atom stereocenters. The summed E-state index contributed by atoms with van der Waals surface area (Å²) in [7, 11) is 3.02. The third-order valence-electron chi connectivity index (χ3n) is 0.576. The molecule has 0 fully saturated rings. The molecule has 0 radical (unpaired) electrons. The molecule has 1 atom stereocenters. The summed E-state index contributed by atoms with van der Waals surface area (Å²) in [6.45, 7) is 0. The first-order chi connectivity index (χ1) is 2.39. The van der Waals surface area contributed by atoms with Crippen LogP contribution in [0.15, 0.2) is 12.0 Å². The second-order valence-corrected chi connectivity index (χ2v) is 2.35. The Morgan fingerprint density at radius 2 is 2.20 bits per heavy atom. The molecule has 0 spiro atoms. The first kappa shape index (κ1) is 3.05. The number of aromatic nitrogens is 1. The van der Waals surface area contributed by atoms with Crippen LogP contribution in [-0.2, 0) is 7.05 Å². The largest absolute Gasteiger partial charge is 0.343 e. The second kappa shape index (κ2) is 0.908. The summed E-state index contributed by atoms with van der Waals surface area (Å²) in [5.74, 6) is 2.15. The van der Waals surface area contributed by atoms with Crippen LogP contribution < -0.4 is 0 Å². The molecule has 0 aliphatic heterocycles. The van der Waals surface area contributed by atoms with Gasteiger partial charge in [-0.3, -0.25) is 0 Å². The highest BCUT2D eigenvalue weighted by Crippen LogP contribution is 2.02. The molecular formula is C3H6NP. The maximum absolute atomic E-state index is 2.15. The fraction of sp³-hybridized carbons (Fsp3) is 0.333. The molecule has 1 aromatic heterocycles. The Morgan fingerprint density at radius 3 is 2.20 bits per heavy atom. The lowest BCUT2D eigenvalue weighted by Crippen LogP contribution is -1.79. The van der Waals surface area contributed by atoms with Crippen molar-refractivity contribution < 1.29 is 0 Å². The minimum absolute atomic E-state index is 0.948. The van der Waals surface area contributed by atoms with Crippen LogP contribution in [0.3, 0.4) is 0 Å². The van der Waals surface area contributed by atoms with Gasteiger partial charge in [0.1, 0.15) is 0 Å². The SMILES string of the molecule is Cn1cc[pH]1. The minimum Gasteiger partial charge on any atom is -0.343 e. The molecule has 1 rings (SSSR count). The van der Waals surface area contributed by atoms with Crippen LogP contribution in [0.25, 0.3) is 0 Å². The van der Waals surface area contributed by atoms with E-state index in [0.717, 1.165) is 8.35 Å². The first-order valence-electron chi connectivity index (χ1n) is 1.55. The Hall–Kier alpha value is -0.160. The molecule has 0 saturated heterocycles. The van der Waals surface area contributed by atoms with Gasteiger partial charge in [-0.25, -0.2) is 0 Å². The van der Waals surface area contributed by atoms with E-state index in [1.807, 2.05) is 0 Å². The van der Waals surface area contributed by atoms with Gasteiger partial charge in [0.25, 0.3) is 0 Å². The van der Waals surface area contributed by atoms with Gasteiger partial charge in [0.2, 0.25) is 0 Å². The van der Waals surface area contributed by atoms with Crippen molar-refractivity contribution in [2.45, 2.75) is 0 Å². The van der Waals surface area contributed by atoms with Crippen LogP contribution in [0.5, 0.6) is 0 Å². The van der Waals surface area contributed by atoms with Gasteiger partial charge in [-0.2, -0.15) is 0 Å². The van der Waals surface area contributed by atoms with Gasteiger partial charge in [0.05, 0.1) is 0 Å². The normalized spacial score (nSPS) is 10.6. The van der Waals surface area contributed by atoms with E-state index < -0.39 is 0 Å². The van der Waals surface area contributed by atoms with Crippen LogP contribution in [0.1, 0.15) is 0 Å². The molecule has 1 aromatic rings. The van der Waals surface area contributed by atoms with Gasteiger partial charge in [0, 0.05) is 13.2 Å². The Kier molecular flexibility index (Phi) is 0.553. The van der Waals surface area contributed by atoms with Crippen molar-refractivity contribution in [2.75, 3.05) is 0 Å². The predicted octanol–water partition coefficient (Wildman–Crippen LogP) is 1.06. The maximum atomic E-state index is 2.15. The first-order valence-corrected chi connectivity index (χ1v) is 2.58. The molecule has 0 bridgehead atoms. The fourth-order valence-electron chi connectivity index (χ4n) is 0.224. The smallest absolute Gasteiger partial charge is 0.0140 e. The van der Waals surface area contributed by atoms with Crippen molar-refractivity contribution in [2.24, 2.45) is 7.05 Å². The van der Waals surface area contributed by atoms with E-state index in [9.17, 15) is 0 Å². The molecule has 0 aliphatic rings. The van der Waals surface area contributed by atoms with Crippen molar-refractivity contribution in [3.05, 3.63) is 12.0 Å². The van der Waals surface area contributed by atoms with Crippen molar-refractivity contribution in [3.63, 3.8) is 0 Å². The Morgan fingerprint density at radius 1 is 1.80 bits per heavy atom. The lowest BCUT2D eigenvalue weighted by molar-refractivity contribution is 1.01. The zero-order valence-electron chi connectivity index (χ0n) is 3.10. The highest BCUT2D eigenvalue weighted by Gasteiger charge is 1.69. The average Bonchev–Trinajstić information content (AvgIpc) is 1.30. The number of aryl methyl sites for hydroxylation is 1. The van der Waals surface area contributed by atoms with Crippen molar-refractivity contribution in [1.82, 2.24) is 4.33 Å². The Balaban J connectivity index is 2.83. The summed E-state index contributed by atoms with van der Waals surface area (Å²) in [5, 5.41) is 0. The standard InChI is InChI=1S/C3H6NP/c1-4-2-3-5-4/h2-3,5H,1H3. The molecule has 1 heterocycles. The number of hydrogen-bond donors (Lipinski definition) is 0. The lowest BCUT2D eigenvalue weighted by Gasteiger charge is -1.94. The van der Waals surface area contributed by atoms with Crippen molar-refractivity contribution in [1.29, 1.82) is 0 Å². The van der Waals surface area contributed by atoms with Gasteiger partial charge in [0.15, 0.2) is 0 Å². The van der Waals surface area contributed by atoms with E-state index in [1.54, 1.807) is 0 Å². The topological polar surface area (TPSA) is 4.93 Å². The van der Waals surface area contributed by atoms with Gasteiger partial charge < -0.3 is 4.33 Å². The van der Waals surface area contributed by atoms with Gasteiger partial charge in [-0.1, -0.05) is 8.35 Å². The van der Waals surface area contributed by atoms with Crippen molar-refractivity contribution in [3.8, 4) is 0 Å². The molecule has 0 aromatic carbocycles. The summed E-state index contributed by atoms with van der Waals surface area (Å²) in [6, 6.07) is 0. The summed E-state index contributed by atoms with van der Waals surface area (Å²) in [5.41, 5.74) is 0. The Labute approximate surface area is 32.8 Å². The molecule has 1 nitrogen and oxygen atoms in total. The van der Waals surface area contributed by atoms with Crippen LogP contribution in [0.4, 0.5) is 0 Å². The Bertz CT molecular complexity index is 89.1. The maximum Gasteiger partial charge on any atom is 0.0140 e. The molecule has 0 N–H and O–H groups in total. The second-order valence-electron chi connectivity index (χ2n) is 1.06. The van der Waals surface area contributed by atoms with E-state index in [4.69, 9.17) is 0 Å². The molecule has 0 saturated carbocycles.